The summed E-state index contributed by atoms with van der Waals surface area (Å²) in [7, 11) is -3.25. The minimum absolute atomic E-state index is 0.0320. The molecule has 1 amide bonds. The van der Waals surface area contributed by atoms with Gasteiger partial charge < -0.3 is 4.90 Å². The van der Waals surface area contributed by atoms with Crippen LogP contribution in [0.4, 0.5) is 0 Å². The van der Waals surface area contributed by atoms with Crippen molar-refractivity contribution >= 4 is 15.9 Å². The molecule has 0 bridgehead atoms. The molecule has 0 aliphatic carbocycles. The second-order valence-electron chi connectivity index (χ2n) is 5.58. The van der Waals surface area contributed by atoms with Crippen LogP contribution in [-0.4, -0.2) is 48.4 Å². The zero-order chi connectivity index (χ0) is 16.2. The molecule has 0 N–H and O–H groups in total. The van der Waals surface area contributed by atoms with Crippen LogP contribution >= 0.6 is 0 Å². The molecular weight excluding hydrogens is 300 g/mol. The van der Waals surface area contributed by atoms with Gasteiger partial charge in [-0.2, -0.15) is 4.31 Å². The van der Waals surface area contributed by atoms with E-state index in [9.17, 15) is 13.2 Å². The molecule has 122 valence electrons. The highest BCUT2D eigenvalue weighted by atomic mass is 32.2. The molecule has 0 spiro atoms. The SMILES string of the molecule is CCC1CN(S(=O)(=O)CC)CCC(=O)N1Cc1ccccc1. The predicted octanol–water partition coefficient (Wildman–Crippen LogP) is 1.85. The van der Waals surface area contributed by atoms with Gasteiger partial charge in [-0.3, -0.25) is 4.79 Å². The molecule has 0 radical (unpaired) electrons. The first-order valence-electron chi connectivity index (χ1n) is 7.79. The van der Waals surface area contributed by atoms with Gasteiger partial charge in [0.25, 0.3) is 0 Å². The quantitative estimate of drug-likeness (QED) is 0.830. The standard InChI is InChI=1S/C16H24N2O3S/c1-3-15-13-17(22(20,21)4-2)11-10-16(19)18(15)12-14-8-6-5-7-9-14/h5-9,15H,3-4,10-13H2,1-2H3. The van der Waals surface area contributed by atoms with E-state index in [1.165, 1.54) is 4.31 Å². The van der Waals surface area contributed by atoms with Gasteiger partial charge in [0.1, 0.15) is 0 Å². The third-order valence-electron chi connectivity index (χ3n) is 4.18. The van der Waals surface area contributed by atoms with Crippen molar-refractivity contribution in [2.24, 2.45) is 0 Å². The number of benzene rings is 1. The Kier molecular flexibility index (Phi) is 5.58. The number of carbonyl (C=O) groups is 1. The summed E-state index contributed by atoms with van der Waals surface area (Å²) in [5, 5.41) is 0. The molecule has 1 aromatic rings. The molecule has 1 unspecified atom stereocenters. The van der Waals surface area contributed by atoms with E-state index in [0.29, 0.717) is 13.1 Å². The third-order valence-corrected chi connectivity index (χ3v) is 6.02. The lowest BCUT2D eigenvalue weighted by Crippen LogP contribution is -2.44. The number of nitrogens with zero attached hydrogens (tertiary/aromatic N) is 2. The van der Waals surface area contributed by atoms with Gasteiger partial charge in [-0.15, -0.1) is 0 Å². The molecule has 22 heavy (non-hydrogen) atoms. The first kappa shape index (κ1) is 17.0. The minimum Gasteiger partial charge on any atom is -0.334 e. The van der Waals surface area contributed by atoms with Crippen molar-refractivity contribution in [3.8, 4) is 0 Å². The summed E-state index contributed by atoms with van der Waals surface area (Å²) in [6.07, 6.45) is 0.997. The zero-order valence-electron chi connectivity index (χ0n) is 13.2. The van der Waals surface area contributed by atoms with Gasteiger partial charge in [0.05, 0.1) is 5.75 Å². The van der Waals surface area contributed by atoms with Crippen molar-refractivity contribution in [2.75, 3.05) is 18.8 Å². The summed E-state index contributed by atoms with van der Waals surface area (Å²) in [4.78, 5) is 14.3. The van der Waals surface area contributed by atoms with Gasteiger partial charge in [0.2, 0.25) is 15.9 Å². The Bertz CT molecular complexity index is 601. The first-order valence-corrected chi connectivity index (χ1v) is 9.40. The first-order chi connectivity index (χ1) is 10.5. The number of amides is 1. The molecule has 0 aromatic heterocycles. The van der Waals surface area contributed by atoms with Crippen molar-refractivity contribution in [1.29, 1.82) is 0 Å². The summed E-state index contributed by atoms with van der Waals surface area (Å²) in [5.41, 5.74) is 1.07. The Morgan fingerprint density at radius 3 is 2.45 bits per heavy atom. The van der Waals surface area contributed by atoms with Crippen molar-refractivity contribution in [3.05, 3.63) is 35.9 Å². The van der Waals surface area contributed by atoms with Gasteiger partial charge in [0, 0.05) is 32.1 Å². The fraction of sp³-hybridized carbons (Fsp3) is 0.562. The molecule has 1 heterocycles. The Labute approximate surface area is 133 Å². The van der Waals surface area contributed by atoms with Crippen molar-refractivity contribution in [3.63, 3.8) is 0 Å². The molecule has 1 atom stereocenters. The van der Waals surface area contributed by atoms with Crippen LogP contribution in [0.3, 0.4) is 0 Å². The van der Waals surface area contributed by atoms with Crippen LogP contribution in [0.5, 0.6) is 0 Å². The summed E-state index contributed by atoms with van der Waals surface area (Å²) in [6, 6.07) is 9.76. The van der Waals surface area contributed by atoms with E-state index in [1.807, 2.05) is 42.2 Å². The van der Waals surface area contributed by atoms with Crippen LogP contribution in [0.2, 0.25) is 0 Å². The monoisotopic (exact) mass is 324 g/mol. The highest BCUT2D eigenvalue weighted by Gasteiger charge is 2.32. The second-order valence-corrected chi connectivity index (χ2v) is 7.84. The van der Waals surface area contributed by atoms with Crippen LogP contribution in [-0.2, 0) is 21.4 Å². The molecule has 6 heteroatoms. The van der Waals surface area contributed by atoms with Crippen LogP contribution in [0.1, 0.15) is 32.3 Å². The van der Waals surface area contributed by atoms with Gasteiger partial charge in [0.15, 0.2) is 0 Å². The molecule has 5 nitrogen and oxygen atoms in total. The highest BCUT2D eigenvalue weighted by Crippen LogP contribution is 2.19. The van der Waals surface area contributed by atoms with E-state index in [4.69, 9.17) is 0 Å². The van der Waals surface area contributed by atoms with Gasteiger partial charge >= 0.3 is 0 Å². The fourth-order valence-electron chi connectivity index (χ4n) is 2.77. The Morgan fingerprint density at radius 2 is 1.86 bits per heavy atom. The molecular formula is C16H24N2O3S. The van der Waals surface area contributed by atoms with Gasteiger partial charge in [-0.25, -0.2) is 8.42 Å². The highest BCUT2D eigenvalue weighted by molar-refractivity contribution is 7.89. The van der Waals surface area contributed by atoms with Gasteiger partial charge in [-0.05, 0) is 18.9 Å². The number of hydrogen-bond donors (Lipinski definition) is 0. The maximum atomic E-state index is 12.5. The molecule has 1 fully saturated rings. The van der Waals surface area contributed by atoms with E-state index in [-0.39, 0.29) is 30.7 Å². The third kappa shape index (κ3) is 3.87. The average molecular weight is 324 g/mol. The number of hydrogen-bond acceptors (Lipinski definition) is 3. The van der Waals surface area contributed by atoms with E-state index >= 15 is 0 Å². The van der Waals surface area contributed by atoms with Crippen LogP contribution in [0.25, 0.3) is 0 Å². The van der Waals surface area contributed by atoms with E-state index in [2.05, 4.69) is 0 Å². The van der Waals surface area contributed by atoms with Gasteiger partial charge in [-0.1, -0.05) is 37.3 Å². The van der Waals surface area contributed by atoms with E-state index < -0.39 is 10.0 Å². The summed E-state index contributed by atoms with van der Waals surface area (Å²) < 4.78 is 25.7. The Morgan fingerprint density at radius 1 is 1.18 bits per heavy atom. The molecule has 1 aliphatic rings. The topological polar surface area (TPSA) is 57.7 Å². The van der Waals surface area contributed by atoms with Crippen molar-refractivity contribution < 1.29 is 13.2 Å². The lowest BCUT2D eigenvalue weighted by Gasteiger charge is -2.31. The number of sulfonamides is 1. The second kappa shape index (κ2) is 7.24. The molecule has 2 rings (SSSR count). The van der Waals surface area contributed by atoms with Crippen LogP contribution in [0.15, 0.2) is 30.3 Å². The van der Waals surface area contributed by atoms with Crippen LogP contribution in [0, 0.1) is 0 Å². The lowest BCUT2D eigenvalue weighted by molar-refractivity contribution is -0.133. The summed E-state index contributed by atoms with van der Waals surface area (Å²) in [5.74, 6) is 0.112. The van der Waals surface area contributed by atoms with Crippen molar-refractivity contribution in [1.82, 2.24) is 9.21 Å². The fourth-order valence-corrected chi connectivity index (χ4v) is 3.91. The predicted molar refractivity (Wildman–Crippen MR) is 86.7 cm³/mol. The van der Waals surface area contributed by atoms with E-state index in [0.717, 1.165) is 12.0 Å². The molecule has 1 saturated heterocycles. The number of carbonyl (C=O) groups excluding carboxylic acids is 1. The normalized spacial score (nSPS) is 20.9. The van der Waals surface area contributed by atoms with E-state index in [1.54, 1.807) is 6.92 Å². The molecule has 1 aromatic carbocycles. The zero-order valence-corrected chi connectivity index (χ0v) is 14.1. The Balaban J connectivity index is 2.21. The summed E-state index contributed by atoms with van der Waals surface area (Å²) in [6.45, 7) is 4.86. The smallest absolute Gasteiger partial charge is 0.224 e. The average Bonchev–Trinajstić information content (AvgIpc) is 2.69. The summed E-state index contributed by atoms with van der Waals surface area (Å²) >= 11 is 0. The Hall–Kier alpha value is -1.40. The number of rotatable bonds is 5. The minimum atomic E-state index is -3.25. The lowest BCUT2D eigenvalue weighted by atomic mass is 10.1. The van der Waals surface area contributed by atoms with Crippen molar-refractivity contribution in [2.45, 2.75) is 39.3 Å². The molecule has 0 saturated carbocycles. The largest absolute Gasteiger partial charge is 0.334 e. The van der Waals surface area contributed by atoms with Crippen LogP contribution < -0.4 is 0 Å². The maximum absolute atomic E-state index is 12.5. The molecule has 1 aliphatic heterocycles. The maximum Gasteiger partial charge on any atom is 0.224 e.